The van der Waals surface area contributed by atoms with Crippen LogP contribution in [0.1, 0.15) is 61.5 Å². The van der Waals surface area contributed by atoms with Crippen molar-refractivity contribution in [1.29, 1.82) is 0 Å². The number of urea groups is 1. The Morgan fingerprint density at radius 1 is 1.29 bits per heavy atom. The smallest absolute Gasteiger partial charge is 0.315 e. The summed E-state index contributed by atoms with van der Waals surface area (Å²) in [5.41, 5.74) is 1.90. The maximum atomic E-state index is 12.8. The minimum Gasteiger partial charge on any atom is -0.334 e. The topological polar surface area (TPSA) is 108 Å². The van der Waals surface area contributed by atoms with Crippen molar-refractivity contribution in [3.8, 4) is 0 Å². The van der Waals surface area contributed by atoms with Crippen LogP contribution in [0.4, 0.5) is 4.79 Å². The third-order valence-corrected chi connectivity index (χ3v) is 5.38. The highest BCUT2D eigenvalue weighted by atomic mass is 16.2. The molecule has 0 bridgehead atoms. The van der Waals surface area contributed by atoms with Gasteiger partial charge in [0, 0.05) is 30.6 Å². The molecule has 150 valence electrons. The van der Waals surface area contributed by atoms with Gasteiger partial charge in [0.1, 0.15) is 6.04 Å². The SMILES string of the molecule is CCC(C)(C)NC(=O)NCc1ccc2c(c1)C(=O)N(C1CCC(=O)NC1=O)C2. The van der Waals surface area contributed by atoms with E-state index in [0.717, 1.165) is 17.5 Å². The van der Waals surface area contributed by atoms with Gasteiger partial charge >= 0.3 is 6.03 Å². The summed E-state index contributed by atoms with van der Waals surface area (Å²) in [5.74, 6) is -0.944. The molecule has 1 unspecified atom stereocenters. The van der Waals surface area contributed by atoms with E-state index in [9.17, 15) is 19.2 Å². The number of amides is 5. The third kappa shape index (κ3) is 4.16. The Labute approximate surface area is 164 Å². The van der Waals surface area contributed by atoms with E-state index in [0.29, 0.717) is 25.1 Å². The van der Waals surface area contributed by atoms with Crippen molar-refractivity contribution in [2.75, 3.05) is 0 Å². The summed E-state index contributed by atoms with van der Waals surface area (Å²) in [7, 11) is 0. The lowest BCUT2D eigenvalue weighted by molar-refractivity contribution is -0.136. The van der Waals surface area contributed by atoms with Crippen LogP contribution in [0.5, 0.6) is 0 Å². The predicted molar refractivity (Wildman–Crippen MR) is 102 cm³/mol. The van der Waals surface area contributed by atoms with E-state index in [1.165, 1.54) is 4.90 Å². The normalized spacial score (nSPS) is 19.3. The second-order valence-electron chi connectivity index (χ2n) is 7.94. The summed E-state index contributed by atoms with van der Waals surface area (Å²) >= 11 is 0. The Bertz CT molecular complexity index is 833. The molecule has 2 heterocycles. The molecule has 3 rings (SSSR count). The second-order valence-corrected chi connectivity index (χ2v) is 7.94. The van der Waals surface area contributed by atoms with Crippen molar-refractivity contribution in [3.05, 3.63) is 34.9 Å². The van der Waals surface area contributed by atoms with Gasteiger partial charge in [0.15, 0.2) is 0 Å². The zero-order chi connectivity index (χ0) is 20.5. The van der Waals surface area contributed by atoms with E-state index in [-0.39, 0.29) is 29.8 Å². The van der Waals surface area contributed by atoms with Crippen LogP contribution in [0.2, 0.25) is 0 Å². The quantitative estimate of drug-likeness (QED) is 0.666. The molecule has 8 heteroatoms. The molecule has 1 aromatic rings. The summed E-state index contributed by atoms with van der Waals surface area (Å²) < 4.78 is 0. The van der Waals surface area contributed by atoms with Gasteiger partial charge < -0.3 is 15.5 Å². The van der Waals surface area contributed by atoms with Gasteiger partial charge in [0.25, 0.3) is 5.91 Å². The number of benzene rings is 1. The van der Waals surface area contributed by atoms with Crippen molar-refractivity contribution in [1.82, 2.24) is 20.9 Å². The van der Waals surface area contributed by atoms with Crippen LogP contribution in [0.25, 0.3) is 0 Å². The monoisotopic (exact) mass is 386 g/mol. The molecule has 1 aromatic carbocycles. The van der Waals surface area contributed by atoms with E-state index in [2.05, 4.69) is 16.0 Å². The highest BCUT2D eigenvalue weighted by Crippen LogP contribution is 2.28. The number of nitrogens with zero attached hydrogens (tertiary/aromatic N) is 1. The number of carbonyl (C=O) groups is 4. The van der Waals surface area contributed by atoms with Crippen LogP contribution >= 0.6 is 0 Å². The summed E-state index contributed by atoms with van der Waals surface area (Å²) in [6.07, 6.45) is 1.38. The molecular weight excluding hydrogens is 360 g/mol. The molecule has 5 amide bonds. The van der Waals surface area contributed by atoms with Crippen LogP contribution in [0.3, 0.4) is 0 Å². The fraction of sp³-hybridized carbons (Fsp3) is 0.500. The molecule has 3 N–H and O–H groups in total. The Morgan fingerprint density at radius 3 is 2.71 bits per heavy atom. The summed E-state index contributed by atoms with van der Waals surface area (Å²) in [6.45, 7) is 6.54. The lowest BCUT2D eigenvalue weighted by atomic mass is 10.0. The van der Waals surface area contributed by atoms with Gasteiger partial charge in [-0.25, -0.2) is 4.79 Å². The number of carbonyl (C=O) groups excluding carboxylic acids is 4. The first-order valence-corrected chi connectivity index (χ1v) is 9.52. The minimum atomic E-state index is -0.624. The molecule has 2 aliphatic rings. The van der Waals surface area contributed by atoms with Gasteiger partial charge in [-0.2, -0.15) is 0 Å². The second kappa shape index (κ2) is 7.61. The maximum Gasteiger partial charge on any atom is 0.315 e. The number of imide groups is 1. The fourth-order valence-electron chi connectivity index (χ4n) is 3.33. The van der Waals surface area contributed by atoms with Gasteiger partial charge in [-0.3, -0.25) is 19.7 Å². The van der Waals surface area contributed by atoms with E-state index < -0.39 is 11.9 Å². The lowest BCUT2D eigenvalue weighted by Crippen LogP contribution is -2.52. The average Bonchev–Trinajstić information content (AvgIpc) is 2.96. The Kier molecular flexibility index (Phi) is 5.40. The molecule has 0 radical (unpaired) electrons. The highest BCUT2D eigenvalue weighted by Gasteiger charge is 2.39. The van der Waals surface area contributed by atoms with Crippen molar-refractivity contribution < 1.29 is 19.2 Å². The predicted octanol–water partition coefficient (Wildman–Crippen LogP) is 1.44. The van der Waals surface area contributed by atoms with Crippen LogP contribution in [-0.2, 0) is 22.7 Å². The first-order chi connectivity index (χ1) is 13.2. The number of fused-ring (bicyclic) bond motifs is 1. The standard InChI is InChI=1S/C20H26N4O4/c1-4-20(2,3)23-19(28)21-10-12-5-6-13-11-24(18(27)14(13)9-12)15-7-8-16(25)22-17(15)26/h5-6,9,15H,4,7-8,10-11H2,1-3H3,(H2,21,23,28)(H,22,25,26). The molecule has 0 saturated carbocycles. The highest BCUT2D eigenvalue weighted by molar-refractivity contribution is 6.05. The zero-order valence-electron chi connectivity index (χ0n) is 16.4. The van der Waals surface area contributed by atoms with Gasteiger partial charge in [-0.1, -0.05) is 19.1 Å². The van der Waals surface area contributed by atoms with E-state index >= 15 is 0 Å². The van der Waals surface area contributed by atoms with E-state index in [4.69, 9.17) is 0 Å². The molecule has 0 spiro atoms. The molecule has 0 aliphatic carbocycles. The first-order valence-electron chi connectivity index (χ1n) is 9.52. The van der Waals surface area contributed by atoms with Crippen molar-refractivity contribution in [2.45, 2.75) is 64.7 Å². The van der Waals surface area contributed by atoms with E-state index in [1.807, 2.05) is 32.9 Å². The van der Waals surface area contributed by atoms with Gasteiger partial charge in [-0.15, -0.1) is 0 Å². The lowest BCUT2D eigenvalue weighted by Gasteiger charge is -2.29. The fourth-order valence-corrected chi connectivity index (χ4v) is 3.33. The maximum absolute atomic E-state index is 12.8. The molecule has 2 aliphatic heterocycles. The zero-order valence-corrected chi connectivity index (χ0v) is 16.4. The number of hydrogen-bond acceptors (Lipinski definition) is 4. The van der Waals surface area contributed by atoms with Crippen molar-refractivity contribution >= 4 is 23.8 Å². The number of piperidine rings is 1. The van der Waals surface area contributed by atoms with Crippen molar-refractivity contribution in [3.63, 3.8) is 0 Å². The Hall–Kier alpha value is -2.90. The van der Waals surface area contributed by atoms with Gasteiger partial charge in [0.2, 0.25) is 11.8 Å². The Morgan fingerprint density at radius 2 is 2.04 bits per heavy atom. The molecule has 0 aromatic heterocycles. The number of nitrogens with one attached hydrogen (secondary N) is 3. The molecule has 1 fully saturated rings. The van der Waals surface area contributed by atoms with Crippen LogP contribution < -0.4 is 16.0 Å². The van der Waals surface area contributed by atoms with Gasteiger partial charge in [0.05, 0.1) is 0 Å². The summed E-state index contributed by atoms with van der Waals surface area (Å²) in [5, 5.41) is 8.00. The van der Waals surface area contributed by atoms with Crippen LogP contribution in [0, 0.1) is 0 Å². The minimum absolute atomic E-state index is 0.220. The summed E-state index contributed by atoms with van der Waals surface area (Å²) in [6, 6.07) is 4.59. The Balaban J connectivity index is 1.65. The average molecular weight is 386 g/mol. The number of rotatable bonds is 5. The molecule has 8 nitrogen and oxygen atoms in total. The third-order valence-electron chi connectivity index (χ3n) is 5.38. The van der Waals surface area contributed by atoms with Gasteiger partial charge in [-0.05, 0) is 43.9 Å². The molecule has 1 atom stereocenters. The largest absolute Gasteiger partial charge is 0.334 e. The van der Waals surface area contributed by atoms with Crippen molar-refractivity contribution in [2.24, 2.45) is 0 Å². The molecule has 1 saturated heterocycles. The molecule has 28 heavy (non-hydrogen) atoms. The first kappa shape index (κ1) is 19.9. The number of hydrogen-bond donors (Lipinski definition) is 3. The molecular formula is C20H26N4O4. The van der Waals surface area contributed by atoms with E-state index in [1.54, 1.807) is 6.07 Å². The van der Waals surface area contributed by atoms with Crippen LogP contribution in [0.15, 0.2) is 18.2 Å². The summed E-state index contributed by atoms with van der Waals surface area (Å²) in [4.78, 5) is 49.8. The van der Waals surface area contributed by atoms with Crippen LogP contribution in [-0.4, -0.2) is 40.2 Å².